The van der Waals surface area contributed by atoms with E-state index in [2.05, 4.69) is 5.32 Å². The highest BCUT2D eigenvalue weighted by atomic mass is 32.2. The molecule has 2 aromatic carbocycles. The molecule has 0 aromatic heterocycles. The largest absolute Gasteiger partial charge is 0.334 e. The fraction of sp³-hybridized carbons (Fsp3) is 0.364. The van der Waals surface area contributed by atoms with Crippen molar-refractivity contribution in [1.29, 1.82) is 0 Å². The number of thioether (sulfide) groups is 1. The zero-order chi connectivity index (χ0) is 20.3. The SMILES string of the molecule is O=C(NCc1ccccc1)N1CCC2(CC1)SCCN2C(=O)c1ccc(F)cc1. The summed E-state index contributed by atoms with van der Waals surface area (Å²) in [6, 6.07) is 15.5. The van der Waals surface area contributed by atoms with E-state index in [1.807, 2.05) is 40.1 Å². The van der Waals surface area contributed by atoms with E-state index in [0.717, 1.165) is 24.2 Å². The molecule has 5 nitrogen and oxygen atoms in total. The molecule has 2 aliphatic heterocycles. The van der Waals surface area contributed by atoms with Crippen molar-refractivity contribution < 1.29 is 14.0 Å². The Morgan fingerprint density at radius 3 is 2.38 bits per heavy atom. The summed E-state index contributed by atoms with van der Waals surface area (Å²) in [5.74, 6) is 0.478. The normalized spacial score (nSPS) is 18.1. The number of piperidine rings is 1. The number of hydrogen-bond donors (Lipinski definition) is 1. The van der Waals surface area contributed by atoms with Gasteiger partial charge in [-0.15, -0.1) is 11.8 Å². The van der Waals surface area contributed by atoms with Crippen LogP contribution < -0.4 is 5.32 Å². The third-order valence-electron chi connectivity index (χ3n) is 5.63. The van der Waals surface area contributed by atoms with Crippen LogP contribution in [0.4, 0.5) is 9.18 Å². The molecule has 29 heavy (non-hydrogen) atoms. The van der Waals surface area contributed by atoms with Crippen LogP contribution in [-0.2, 0) is 6.54 Å². The zero-order valence-corrected chi connectivity index (χ0v) is 17.0. The average molecular weight is 414 g/mol. The third-order valence-corrected chi connectivity index (χ3v) is 7.19. The molecule has 152 valence electrons. The number of nitrogens with one attached hydrogen (secondary N) is 1. The van der Waals surface area contributed by atoms with Gasteiger partial charge in [0.25, 0.3) is 5.91 Å². The van der Waals surface area contributed by atoms with Gasteiger partial charge in [0, 0.05) is 37.5 Å². The maximum atomic E-state index is 13.2. The van der Waals surface area contributed by atoms with Crippen LogP contribution in [0.2, 0.25) is 0 Å². The second-order valence-electron chi connectivity index (χ2n) is 7.39. The smallest absolute Gasteiger partial charge is 0.317 e. The van der Waals surface area contributed by atoms with Gasteiger partial charge in [0.1, 0.15) is 5.82 Å². The van der Waals surface area contributed by atoms with Crippen LogP contribution in [0.5, 0.6) is 0 Å². The molecular weight excluding hydrogens is 389 g/mol. The third kappa shape index (κ3) is 4.24. The topological polar surface area (TPSA) is 52.7 Å². The van der Waals surface area contributed by atoms with Crippen LogP contribution in [0.3, 0.4) is 0 Å². The second kappa shape index (κ2) is 8.45. The number of carbonyl (C=O) groups excluding carboxylic acids is 2. The number of likely N-dealkylation sites (tertiary alicyclic amines) is 1. The van der Waals surface area contributed by atoms with Crippen LogP contribution in [0.15, 0.2) is 54.6 Å². The molecule has 1 N–H and O–H groups in total. The molecule has 0 atom stereocenters. The van der Waals surface area contributed by atoms with Crippen LogP contribution in [0, 0.1) is 5.82 Å². The van der Waals surface area contributed by atoms with E-state index >= 15 is 0 Å². The Morgan fingerprint density at radius 2 is 1.69 bits per heavy atom. The maximum absolute atomic E-state index is 13.2. The summed E-state index contributed by atoms with van der Waals surface area (Å²) in [6.45, 7) is 2.41. The van der Waals surface area contributed by atoms with E-state index in [9.17, 15) is 14.0 Å². The first-order chi connectivity index (χ1) is 14.1. The minimum Gasteiger partial charge on any atom is -0.334 e. The summed E-state index contributed by atoms with van der Waals surface area (Å²) in [5, 5.41) is 2.98. The molecule has 0 saturated carbocycles. The Morgan fingerprint density at radius 1 is 1.00 bits per heavy atom. The number of carbonyl (C=O) groups is 2. The van der Waals surface area contributed by atoms with Crippen molar-refractivity contribution in [2.24, 2.45) is 0 Å². The Labute approximate surface area is 174 Å². The molecule has 0 bridgehead atoms. The molecule has 2 fully saturated rings. The van der Waals surface area contributed by atoms with Crippen LogP contribution in [-0.4, -0.2) is 52.0 Å². The molecule has 7 heteroatoms. The second-order valence-corrected chi connectivity index (χ2v) is 8.85. The number of halogens is 1. The molecule has 4 rings (SSSR count). The predicted molar refractivity (Wildman–Crippen MR) is 112 cm³/mol. The fourth-order valence-electron chi connectivity index (χ4n) is 4.00. The lowest BCUT2D eigenvalue weighted by molar-refractivity contribution is 0.0580. The van der Waals surface area contributed by atoms with Gasteiger partial charge in [-0.1, -0.05) is 30.3 Å². The van der Waals surface area contributed by atoms with Crippen molar-refractivity contribution in [2.75, 3.05) is 25.4 Å². The van der Waals surface area contributed by atoms with Gasteiger partial charge < -0.3 is 15.1 Å². The first kappa shape index (κ1) is 19.8. The van der Waals surface area contributed by atoms with Crippen LogP contribution in [0.25, 0.3) is 0 Å². The van der Waals surface area contributed by atoms with Crippen molar-refractivity contribution >= 4 is 23.7 Å². The summed E-state index contributed by atoms with van der Waals surface area (Å²) in [5.41, 5.74) is 1.58. The van der Waals surface area contributed by atoms with E-state index in [1.54, 1.807) is 23.9 Å². The van der Waals surface area contributed by atoms with Crippen molar-refractivity contribution in [1.82, 2.24) is 15.1 Å². The predicted octanol–water partition coefficient (Wildman–Crippen LogP) is 3.72. The van der Waals surface area contributed by atoms with E-state index in [1.165, 1.54) is 12.1 Å². The highest BCUT2D eigenvalue weighted by Crippen LogP contribution is 2.44. The van der Waals surface area contributed by atoms with Gasteiger partial charge in [-0.2, -0.15) is 0 Å². The van der Waals surface area contributed by atoms with Crippen molar-refractivity contribution in [3.05, 3.63) is 71.5 Å². The summed E-state index contributed by atoms with van der Waals surface area (Å²) in [6.07, 6.45) is 1.48. The van der Waals surface area contributed by atoms with Crippen molar-refractivity contribution in [2.45, 2.75) is 24.3 Å². The minimum absolute atomic E-state index is 0.0584. The summed E-state index contributed by atoms with van der Waals surface area (Å²) in [7, 11) is 0. The van der Waals surface area contributed by atoms with Gasteiger partial charge in [-0.25, -0.2) is 9.18 Å². The first-order valence-corrected chi connectivity index (χ1v) is 10.8. The molecule has 0 radical (unpaired) electrons. The lowest BCUT2D eigenvalue weighted by Gasteiger charge is -2.44. The van der Waals surface area contributed by atoms with Gasteiger partial charge in [0.05, 0.1) is 4.87 Å². The number of benzene rings is 2. The first-order valence-electron chi connectivity index (χ1n) is 9.86. The van der Waals surface area contributed by atoms with Crippen molar-refractivity contribution in [3.63, 3.8) is 0 Å². The van der Waals surface area contributed by atoms with Gasteiger partial charge in [-0.05, 0) is 42.7 Å². The Kier molecular flexibility index (Phi) is 5.76. The van der Waals surface area contributed by atoms with E-state index < -0.39 is 0 Å². The summed E-state index contributed by atoms with van der Waals surface area (Å²) >= 11 is 1.80. The molecule has 2 aromatic rings. The van der Waals surface area contributed by atoms with Crippen LogP contribution in [0.1, 0.15) is 28.8 Å². The van der Waals surface area contributed by atoms with E-state index in [4.69, 9.17) is 0 Å². The Bertz CT molecular complexity index is 867. The molecule has 1 spiro atoms. The molecule has 0 aliphatic carbocycles. The van der Waals surface area contributed by atoms with Gasteiger partial charge in [-0.3, -0.25) is 4.79 Å². The lowest BCUT2D eigenvalue weighted by Crippen LogP contribution is -2.55. The average Bonchev–Trinajstić information content (AvgIpc) is 3.16. The Hall–Kier alpha value is -2.54. The fourth-order valence-corrected chi connectivity index (χ4v) is 5.46. The number of nitrogens with zero attached hydrogens (tertiary/aromatic N) is 2. The van der Waals surface area contributed by atoms with Gasteiger partial charge in [0.2, 0.25) is 0 Å². The van der Waals surface area contributed by atoms with Gasteiger partial charge >= 0.3 is 6.03 Å². The number of hydrogen-bond acceptors (Lipinski definition) is 3. The highest BCUT2D eigenvalue weighted by Gasteiger charge is 2.47. The molecule has 3 amide bonds. The van der Waals surface area contributed by atoms with Gasteiger partial charge in [0.15, 0.2) is 0 Å². The molecule has 2 heterocycles. The minimum atomic E-state index is -0.345. The molecule has 0 unspecified atom stereocenters. The molecule has 2 saturated heterocycles. The maximum Gasteiger partial charge on any atom is 0.317 e. The monoisotopic (exact) mass is 413 g/mol. The molecular formula is C22H24FN3O2S. The zero-order valence-electron chi connectivity index (χ0n) is 16.1. The number of rotatable bonds is 3. The lowest BCUT2D eigenvalue weighted by atomic mass is 10.0. The van der Waals surface area contributed by atoms with Crippen LogP contribution >= 0.6 is 11.8 Å². The highest BCUT2D eigenvalue weighted by molar-refractivity contribution is 8.00. The number of urea groups is 1. The van der Waals surface area contributed by atoms with E-state index in [0.29, 0.717) is 31.7 Å². The Balaban J connectivity index is 1.36. The summed E-state index contributed by atoms with van der Waals surface area (Å²) in [4.78, 5) is 29.0. The molecule has 2 aliphatic rings. The number of amides is 3. The summed E-state index contributed by atoms with van der Waals surface area (Å²) < 4.78 is 13.2. The standard InChI is InChI=1S/C22H24FN3O2S/c23-19-8-6-18(7-9-19)20(27)26-14-15-29-22(26)10-12-25(13-11-22)21(28)24-16-17-4-2-1-3-5-17/h1-9H,10-16H2,(H,24,28). The van der Waals surface area contributed by atoms with Crippen molar-refractivity contribution in [3.8, 4) is 0 Å². The van der Waals surface area contributed by atoms with E-state index in [-0.39, 0.29) is 22.6 Å². The quantitative estimate of drug-likeness (QED) is 0.835.